The minimum Gasteiger partial charge on any atom is -0.324 e. The zero-order chi connectivity index (χ0) is 12.5. The van der Waals surface area contributed by atoms with Gasteiger partial charge in [0.1, 0.15) is 6.04 Å². The highest BCUT2D eigenvalue weighted by Crippen LogP contribution is 2.35. The number of carbonyl (C=O) groups is 1. The fraction of sp³-hybridized carbons (Fsp3) is 0.500. The number of hydrogen-bond acceptors (Lipinski definition) is 3. The quantitative estimate of drug-likeness (QED) is 0.827. The Morgan fingerprint density at radius 3 is 3.06 bits per heavy atom. The molecule has 4 nitrogen and oxygen atoms in total. The molecule has 4 heteroatoms. The van der Waals surface area contributed by atoms with Crippen molar-refractivity contribution in [1.82, 2.24) is 10.2 Å². The molecular weight excluding hydrogens is 226 g/mol. The molecule has 18 heavy (non-hydrogen) atoms. The van der Waals surface area contributed by atoms with Crippen LogP contribution in [0.25, 0.3) is 0 Å². The molecule has 1 aromatic rings. The Labute approximate surface area is 107 Å². The molecule has 2 heterocycles. The third-order valence-corrected chi connectivity index (χ3v) is 3.99. The van der Waals surface area contributed by atoms with Crippen LogP contribution in [0.1, 0.15) is 24.4 Å². The summed E-state index contributed by atoms with van der Waals surface area (Å²) >= 11 is 0. The summed E-state index contributed by atoms with van der Waals surface area (Å²) in [5, 5.41) is 6.30. The van der Waals surface area contributed by atoms with E-state index < -0.39 is 0 Å². The summed E-state index contributed by atoms with van der Waals surface area (Å²) in [7, 11) is 2.00. The van der Waals surface area contributed by atoms with Gasteiger partial charge in [-0.3, -0.25) is 9.69 Å². The Morgan fingerprint density at radius 1 is 1.39 bits per heavy atom. The van der Waals surface area contributed by atoms with Crippen molar-refractivity contribution in [2.24, 2.45) is 0 Å². The van der Waals surface area contributed by atoms with E-state index >= 15 is 0 Å². The molecule has 0 aromatic heterocycles. The normalized spacial score (nSPS) is 27.9. The summed E-state index contributed by atoms with van der Waals surface area (Å²) in [5.74, 6) is 0.118. The molecule has 0 saturated carbocycles. The smallest absolute Gasteiger partial charge is 0.246 e. The molecule has 1 fully saturated rings. The van der Waals surface area contributed by atoms with Gasteiger partial charge in [0.2, 0.25) is 5.91 Å². The molecule has 96 valence electrons. The maximum Gasteiger partial charge on any atom is 0.246 e. The van der Waals surface area contributed by atoms with Gasteiger partial charge < -0.3 is 10.6 Å². The summed E-state index contributed by atoms with van der Waals surface area (Å²) in [6.07, 6.45) is 2.35. The number of hydrogen-bond donors (Lipinski definition) is 2. The van der Waals surface area contributed by atoms with Crippen LogP contribution in [0.15, 0.2) is 24.3 Å². The molecule has 0 bridgehead atoms. The molecule has 2 aliphatic heterocycles. The van der Waals surface area contributed by atoms with Gasteiger partial charge >= 0.3 is 0 Å². The van der Waals surface area contributed by atoms with E-state index in [9.17, 15) is 4.79 Å². The summed E-state index contributed by atoms with van der Waals surface area (Å²) in [6.45, 7) is 1.95. The Hall–Kier alpha value is -1.39. The molecule has 2 N–H and O–H groups in total. The van der Waals surface area contributed by atoms with Crippen molar-refractivity contribution in [3.8, 4) is 0 Å². The molecule has 3 rings (SSSR count). The summed E-state index contributed by atoms with van der Waals surface area (Å²) in [5.41, 5.74) is 2.10. The fourth-order valence-corrected chi connectivity index (χ4v) is 3.03. The minimum atomic E-state index is -0.0997. The Kier molecular flexibility index (Phi) is 3.06. The predicted molar refractivity (Wildman–Crippen MR) is 71.5 cm³/mol. The molecule has 0 aliphatic carbocycles. The number of anilines is 1. The average molecular weight is 245 g/mol. The number of rotatable bonds is 2. The van der Waals surface area contributed by atoms with Gasteiger partial charge in [-0.2, -0.15) is 0 Å². The highest BCUT2D eigenvalue weighted by Gasteiger charge is 2.36. The van der Waals surface area contributed by atoms with E-state index in [0.717, 1.165) is 30.8 Å². The molecule has 2 unspecified atom stereocenters. The molecule has 0 spiro atoms. The van der Waals surface area contributed by atoms with Crippen LogP contribution in [0.5, 0.6) is 0 Å². The topological polar surface area (TPSA) is 44.4 Å². The zero-order valence-corrected chi connectivity index (χ0v) is 10.6. The van der Waals surface area contributed by atoms with Gasteiger partial charge in [-0.05, 0) is 32.5 Å². The molecule has 0 radical (unpaired) electrons. The number of fused-ring (bicyclic) bond motifs is 1. The second kappa shape index (κ2) is 4.71. The van der Waals surface area contributed by atoms with Crippen molar-refractivity contribution in [2.45, 2.75) is 24.9 Å². The molecule has 1 saturated heterocycles. The van der Waals surface area contributed by atoms with E-state index in [-0.39, 0.29) is 11.9 Å². The van der Waals surface area contributed by atoms with Gasteiger partial charge in [-0.1, -0.05) is 18.2 Å². The lowest BCUT2D eigenvalue weighted by Crippen LogP contribution is -2.47. The largest absolute Gasteiger partial charge is 0.324 e. The third-order valence-electron chi connectivity index (χ3n) is 3.99. The van der Waals surface area contributed by atoms with Gasteiger partial charge in [0.05, 0.1) is 0 Å². The Bertz CT molecular complexity index is 460. The number of amides is 1. The first-order valence-corrected chi connectivity index (χ1v) is 6.60. The number of nitrogens with zero attached hydrogens (tertiary/aromatic N) is 1. The zero-order valence-electron chi connectivity index (χ0n) is 10.6. The van der Waals surface area contributed by atoms with Crippen LogP contribution >= 0.6 is 0 Å². The molecule has 2 aliphatic rings. The van der Waals surface area contributed by atoms with Gasteiger partial charge in [0, 0.05) is 23.8 Å². The minimum absolute atomic E-state index is 0.0997. The van der Waals surface area contributed by atoms with Gasteiger partial charge in [-0.25, -0.2) is 0 Å². The monoisotopic (exact) mass is 245 g/mol. The molecule has 1 amide bonds. The lowest BCUT2D eigenvalue weighted by molar-refractivity contribution is -0.121. The molecular formula is C14H19N3O. The average Bonchev–Trinajstić information content (AvgIpc) is 2.74. The first-order valence-electron chi connectivity index (χ1n) is 6.60. The van der Waals surface area contributed by atoms with Crippen LogP contribution in [0.2, 0.25) is 0 Å². The van der Waals surface area contributed by atoms with Crippen LogP contribution in [0.4, 0.5) is 5.69 Å². The second-order valence-electron chi connectivity index (χ2n) is 5.10. The van der Waals surface area contributed by atoms with E-state index in [1.54, 1.807) is 0 Å². The lowest BCUT2D eigenvalue weighted by atomic mass is 10.0. The highest BCUT2D eigenvalue weighted by atomic mass is 16.2. The van der Waals surface area contributed by atoms with E-state index in [4.69, 9.17) is 0 Å². The lowest BCUT2D eigenvalue weighted by Gasteiger charge is -2.35. The van der Waals surface area contributed by atoms with Crippen LogP contribution in [0, 0.1) is 0 Å². The van der Waals surface area contributed by atoms with Crippen molar-refractivity contribution >= 4 is 11.6 Å². The molecule has 2 atom stereocenters. The SMILES string of the molecule is CNC1CCCN(C2C(=O)Nc3ccccc32)C1. The van der Waals surface area contributed by atoms with E-state index in [1.165, 1.54) is 6.42 Å². The van der Waals surface area contributed by atoms with Crippen molar-refractivity contribution in [3.63, 3.8) is 0 Å². The van der Waals surface area contributed by atoms with Gasteiger partial charge in [0.25, 0.3) is 0 Å². The maximum atomic E-state index is 12.2. The van der Waals surface area contributed by atoms with Crippen molar-refractivity contribution < 1.29 is 4.79 Å². The van der Waals surface area contributed by atoms with Crippen LogP contribution in [-0.4, -0.2) is 37.0 Å². The number of nitrogens with one attached hydrogen (secondary N) is 2. The fourth-order valence-electron chi connectivity index (χ4n) is 3.03. The summed E-state index contributed by atoms with van der Waals surface area (Å²) in [4.78, 5) is 14.4. The summed E-state index contributed by atoms with van der Waals surface area (Å²) in [6, 6.07) is 8.41. The van der Waals surface area contributed by atoms with Crippen LogP contribution in [0.3, 0.4) is 0 Å². The van der Waals surface area contributed by atoms with Crippen LogP contribution < -0.4 is 10.6 Å². The van der Waals surface area contributed by atoms with E-state index in [0.29, 0.717) is 6.04 Å². The van der Waals surface area contributed by atoms with Gasteiger partial charge in [-0.15, -0.1) is 0 Å². The first kappa shape index (κ1) is 11.7. The Balaban J connectivity index is 1.85. The second-order valence-corrected chi connectivity index (χ2v) is 5.10. The molecule has 1 aromatic carbocycles. The number of carbonyl (C=O) groups excluding carboxylic acids is 1. The predicted octanol–water partition coefficient (Wildman–Crippen LogP) is 1.36. The number of para-hydroxylation sites is 1. The maximum absolute atomic E-state index is 12.2. The van der Waals surface area contributed by atoms with Crippen molar-refractivity contribution in [2.75, 3.05) is 25.5 Å². The number of benzene rings is 1. The highest BCUT2D eigenvalue weighted by molar-refractivity contribution is 6.02. The van der Waals surface area contributed by atoms with E-state index in [1.807, 2.05) is 25.2 Å². The number of likely N-dealkylation sites (tertiary alicyclic amines) is 1. The number of likely N-dealkylation sites (N-methyl/N-ethyl adjacent to an activating group) is 1. The summed E-state index contributed by atoms with van der Waals surface area (Å²) < 4.78 is 0. The van der Waals surface area contributed by atoms with Crippen molar-refractivity contribution in [3.05, 3.63) is 29.8 Å². The third kappa shape index (κ3) is 1.91. The standard InChI is InChI=1S/C14H19N3O/c1-15-10-5-4-8-17(9-10)13-11-6-2-3-7-12(11)16-14(13)18/h2-3,6-7,10,13,15H,4-5,8-9H2,1H3,(H,16,18). The van der Waals surface area contributed by atoms with Crippen LogP contribution in [-0.2, 0) is 4.79 Å². The van der Waals surface area contributed by atoms with E-state index in [2.05, 4.69) is 21.6 Å². The Morgan fingerprint density at radius 2 is 2.22 bits per heavy atom. The van der Waals surface area contributed by atoms with Crippen molar-refractivity contribution in [1.29, 1.82) is 0 Å². The van der Waals surface area contributed by atoms with Gasteiger partial charge in [0.15, 0.2) is 0 Å². The first-order chi connectivity index (χ1) is 8.79. The number of piperidine rings is 1.